The number of nitrogens with one attached hydrogen (secondary N) is 3. The summed E-state index contributed by atoms with van der Waals surface area (Å²) in [5.74, 6) is 1.28. The molecular weight excluding hydrogens is 400 g/mol. The van der Waals surface area contributed by atoms with Gasteiger partial charge < -0.3 is 20.9 Å². The van der Waals surface area contributed by atoms with E-state index in [0.29, 0.717) is 13.1 Å². The third-order valence-corrected chi connectivity index (χ3v) is 5.69. The third-order valence-electron chi connectivity index (χ3n) is 5.46. The first-order valence-electron chi connectivity index (χ1n) is 11.2. The lowest BCUT2D eigenvalue weighted by atomic mass is 10.2. The molecule has 3 N–H and O–H groups in total. The Hall–Kier alpha value is -1.99. The van der Waals surface area contributed by atoms with E-state index in [0.717, 1.165) is 76.1 Å². The molecule has 1 aromatic carbocycles. The van der Waals surface area contributed by atoms with Crippen molar-refractivity contribution >= 4 is 29.2 Å². The van der Waals surface area contributed by atoms with Gasteiger partial charge in [0.1, 0.15) is 0 Å². The van der Waals surface area contributed by atoms with E-state index >= 15 is 0 Å². The molecule has 1 saturated carbocycles. The quantitative estimate of drug-likeness (QED) is 0.298. The van der Waals surface area contributed by atoms with E-state index in [-0.39, 0.29) is 11.8 Å². The second-order valence-corrected chi connectivity index (χ2v) is 8.35. The highest BCUT2D eigenvalue weighted by Gasteiger charge is 2.28. The van der Waals surface area contributed by atoms with Gasteiger partial charge in [-0.2, -0.15) is 0 Å². The number of anilines is 1. The summed E-state index contributed by atoms with van der Waals surface area (Å²) in [7, 11) is 0. The summed E-state index contributed by atoms with van der Waals surface area (Å²) < 4.78 is 0. The predicted molar refractivity (Wildman–Crippen MR) is 124 cm³/mol. The number of guanidine groups is 1. The number of carbonyl (C=O) groups is 1. The van der Waals surface area contributed by atoms with Gasteiger partial charge in [0.25, 0.3) is 0 Å². The second kappa shape index (κ2) is 12.0. The number of carbonyl (C=O) groups excluding carboxylic acids is 1. The number of hydrogen-bond donors (Lipinski definition) is 3. The van der Waals surface area contributed by atoms with E-state index in [9.17, 15) is 4.79 Å². The van der Waals surface area contributed by atoms with Gasteiger partial charge in [-0.3, -0.25) is 14.7 Å². The van der Waals surface area contributed by atoms with Crippen LogP contribution in [0, 0.1) is 5.92 Å². The van der Waals surface area contributed by atoms with Gasteiger partial charge in [-0.15, -0.1) is 0 Å². The zero-order valence-electron chi connectivity index (χ0n) is 18.0. The van der Waals surface area contributed by atoms with Crippen LogP contribution >= 0.6 is 11.6 Å². The Morgan fingerprint density at radius 1 is 1.13 bits per heavy atom. The highest BCUT2D eigenvalue weighted by Crippen LogP contribution is 2.28. The maximum absolute atomic E-state index is 11.7. The Labute approximate surface area is 185 Å². The minimum Gasteiger partial charge on any atom is -0.369 e. The Bertz CT molecular complexity index is 701. The first kappa shape index (κ1) is 22.7. The van der Waals surface area contributed by atoms with Crippen LogP contribution < -0.4 is 20.9 Å². The Balaban J connectivity index is 1.30. The summed E-state index contributed by atoms with van der Waals surface area (Å²) in [5.41, 5.74) is 1.21. The first-order valence-corrected chi connectivity index (χ1v) is 11.6. The minimum atomic E-state index is 0.189. The second-order valence-electron chi connectivity index (χ2n) is 7.91. The molecule has 1 heterocycles. The molecule has 0 unspecified atom stereocenters. The van der Waals surface area contributed by atoms with Crippen LogP contribution in [-0.4, -0.2) is 75.7 Å². The smallest absolute Gasteiger partial charge is 0.223 e. The number of piperazine rings is 1. The van der Waals surface area contributed by atoms with Crippen LogP contribution in [0.1, 0.15) is 26.2 Å². The average molecular weight is 435 g/mol. The molecule has 0 aromatic heterocycles. The monoisotopic (exact) mass is 434 g/mol. The average Bonchev–Trinajstić information content (AvgIpc) is 3.60. The van der Waals surface area contributed by atoms with E-state index < -0.39 is 0 Å². The SMILES string of the molecule is CCNC(=NCCCN1CCN(c2cccc(Cl)c2)CC1)NCCNC(=O)C1CC1. The zero-order valence-corrected chi connectivity index (χ0v) is 18.8. The molecule has 0 radical (unpaired) electrons. The van der Waals surface area contributed by atoms with E-state index in [1.807, 2.05) is 18.2 Å². The van der Waals surface area contributed by atoms with Crippen LogP contribution in [0.15, 0.2) is 29.3 Å². The van der Waals surface area contributed by atoms with Crippen molar-refractivity contribution in [2.75, 3.05) is 63.8 Å². The number of benzene rings is 1. The number of nitrogens with zero attached hydrogens (tertiary/aromatic N) is 3. The minimum absolute atomic E-state index is 0.189. The topological polar surface area (TPSA) is 72.0 Å². The molecule has 30 heavy (non-hydrogen) atoms. The molecular formula is C22H35ClN6O. The van der Waals surface area contributed by atoms with Crippen molar-refractivity contribution in [2.24, 2.45) is 10.9 Å². The largest absolute Gasteiger partial charge is 0.369 e. The predicted octanol–water partition coefficient (Wildman–Crippen LogP) is 1.93. The van der Waals surface area contributed by atoms with Crippen LogP contribution in [0.2, 0.25) is 5.02 Å². The van der Waals surface area contributed by atoms with Gasteiger partial charge in [0.15, 0.2) is 5.96 Å². The first-order chi connectivity index (χ1) is 14.7. The molecule has 7 nitrogen and oxygen atoms in total. The molecule has 2 fully saturated rings. The Kier molecular flexibility index (Phi) is 9.08. The summed E-state index contributed by atoms with van der Waals surface area (Å²) >= 11 is 6.12. The Morgan fingerprint density at radius 2 is 1.90 bits per heavy atom. The van der Waals surface area contributed by atoms with Crippen LogP contribution in [0.4, 0.5) is 5.69 Å². The molecule has 1 saturated heterocycles. The fourth-order valence-electron chi connectivity index (χ4n) is 3.59. The number of aliphatic imine (C=N–C) groups is 1. The summed E-state index contributed by atoms with van der Waals surface area (Å²) in [6, 6.07) is 8.10. The summed E-state index contributed by atoms with van der Waals surface area (Å²) in [6.45, 7) is 10.2. The molecule has 0 spiro atoms. The molecule has 8 heteroatoms. The highest BCUT2D eigenvalue weighted by atomic mass is 35.5. The van der Waals surface area contributed by atoms with Crippen LogP contribution in [0.3, 0.4) is 0 Å². The summed E-state index contributed by atoms with van der Waals surface area (Å²) in [6.07, 6.45) is 3.12. The van der Waals surface area contributed by atoms with E-state index in [4.69, 9.17) is 11.6 Å². The van der Waals surface area contributed by atoms with E-state index in [2.05, 4.69) is 43.7 Å². The number of rotatable bonds is 10. The van der Waals surface area contributed by atoms with E-state index in [1.54, 1.807) is 0 Å². The third kappa shape index (κ3) is 7.69. The van der Waals surface area contributed by atoms with E-state index in [1.165, 1.54) is 5.69 Å². The van der Waals surface area contributed by atoms with Crippen molar-refractivity contribution < 1.29 is 4.79 Å². The number of amides is 1. The number of hydrogen-bond acceptors (Lipinski definition) is 4. The van der Waals surface area contributed by atoms with Gasteiger partial charge in [-0.1, -0.05) is 17.7 Å². The zero-order chi connectivity index (χ0) is 21.2. The molecule has 1 aliphatic heterocycles. The van der Waals surface area contributed by atoms with Crippen molar-refractivity contribution in [2.45, 2.75) is 26.2 Å². The fraction of sp³-hybridized carbons (Fsp3) is 0.636. The van der Waals surface area contributed by atoms with Crippen LogP contribution in [0.25, 0.3) is 0 Å². The van der Waals surface area contributed by atoms with Crippen molar-refractivity contribution in [3.8, 4) is 0 Å². The Morgan fingerprint density at radius 3 is 2.60 bits per heavy atom. The van der Waals surface area contributed by atoms with Gasteiger partial charge in [0.05, 0.1) is 0 Å². The van der Waals surface area contributed by atoms with Gasteiger partial charge in [-0.25, -0.2) is 0 Å². The maximum Gasteiger partial charge on any atom is 0.223 e. The number of halogens is 1. The molecule has 0 bridgehead atoms. The molecule has 0 atom stereocenters. The summed E-state index contributed by atoms with van der Waals surface area (Å²) in [5, 5.41) is 10.3. The molecule has 3 rings (SSSR count). The van der Waals surface area contributed by atoms with Gasteiger partial charge in [0.2, 0.25) is 5.91 Å². The van der Waals surface area contributed by atoms with Gasteiger partial charge in [0, 0.05) is 75.5 Å². The maximum atomic E-state index is 11.7. The van der Waals surface area contributed by atoms with Crippen molar-refractivity contribution in [3.63, 3.8) is 0 Å². The standard InChI is InChI=1S/C22H35ClN6O/c1-2-24-22(27-11-10-25-21(30)18-7-8-18)26-9-4-12-28-13-15-29(16-14-28)20-6-3-5-19(23)17-20/h3,5-6,17-18H,2,4,7-16H2,1H3,(H,25,30)(H2,24,26,27). The highest BCUT2D eigenvalue weighted by molar-refractivity contribution is 6.30. The lowest BCUT2D eigenvalue weighted by molar-refractivity contribution is -0.122. The summed E-state index contributed by atoms with van der Waals surface area (Å²) in [4.78, 5) is 21.2. The molecule has 1 aliphatic carbocycles. The van der Waals surface area contributed by atoms with Crippen molar-refractivity contribution in [1.82, 2.24) is 20.9 Å². The van der Waals surface area contributed by atoms with Crippen molar-refractivity contribution in [1.29, 1.82) is 0 Å². The molecule has 2 aliphatic rings. The van der Waals surface area contributed by atoms with Crippen LogP contribution in [-0.2, 0) is 4.79 Å². The lowest BCUT2D eigenvalue weighted by Crippen LogP contribution is -2.46. The van der Waals surface area contributed by atoms with Crippen molar-refractivity contribution in [3.05, 3.63) is 29.3 Å². The van der Waals surface area contributed by atoms with Gasteiger partial charge >= 0.3 is 0 Å². The molecule has 1 amide bonds. The lowest BCUT2D eigenvalue weighted by Gasteiger charge is -2.36. The fourth-order valence-corrected chi connectivity index (χ4v) is 3.77. The normalized spacial score (nSPS) is 17.7. The van der Waals surface area contributed by atoms with Crippen LogP contribution in [0.5, 0.6) is 0 Å². The van der Waals surface area contributed by atoms with Gasteiger partial charge in [-0.05, 0) is 44.4 Å². The molecule has 1 aromatic rings. The molecule has 166 valence electrons.